The lowest BCUT2D eigenvalue weighted by Crippen LogP contribution is -2.49. The van der Waals surface area contributed by atoms with Gasteiger partial charge in [0, 0.05) is 50.5 Å². The number of amides is 3. The number of rotatable bonds is 2. The minimum Gasteiger partial charge on any atom is -0.369 e. The Morgan fingerprint density at radius 3 is 2.52 bits per heavy atom. The van der Waals surface area contributed by atoms with Crippen molar-refractivity contribution in [3.63, 3.8) is 0 Å². The molecule has 6 heteroatoms. The van der Waals surface area contributed by atoms with E-state index < -0.39 is 0 Å². The Bertz CT molecular complexity index is 567. The van der Waals surface area contributed by atoms with Crippen molar-refractivity contribution >= 4 is 23.3 Å². The van der Waals surface area contributed by atoms with Gasteiger partial charge in [-0.3, -0.25) is 15.0 Å². The van der Waals surface area contributed by atoms with Crippen molar-refractivity contribution in [3.8, 4) is 0 Å². The number of carbonyl (C=O) groups excluding carboxylic acids is 2. The molecule has 0 saturated carbocycles. The van der Waals surface area contributed by atoms with Gasteiger partial charge in [-0.25, -0.2) is 4.79 Å². The van der Waals surface area contributed by atoms with E-state index in [1.165, 1.54) is 5.69 Å². The van der Waals surface area contributed by atoms with Crippen LogP contribution in [0.15, 0.2) is 18.2 Å². The average Bonchev–Trinajstić information content (AvgIpc) is 2.48. The monoisotopic (exact) mass is 288 g/mol. The number of nitrogens with zero attached hydrogens (tertiary/aromatic N) is 2. The molecule has 0 bridgehead atoms. The number of benzene rings is 1. The summed E-state index contributed by atoms with van der Waals surface area (Å²) in [5.74, 6) is -0.203. The molecule has 2 fully saturated rings. The third kappa shape index (κ3) is 2.85. The molecular weight excluding hydrogens is 268 g/mol. The van der Waals surface area contributed by atoms with Crippen LogP contribution in [0.1, 0.15) is 12.0 Å². The molecular formula is C15H20N4O2. The van der Waals surface area contributed by atoms with E-state index in [0.717, 1.165) is 37.4 Å². The number of piperazine rings is 1. The second-order valence-electron chi connectivity index (χ2n) is 5.46. The van der Waals surface area contributed by atoms with Crippen LogP contribution in [0.2, 0.25) is 0 Å². The summed E-state index contributed by atoms with van der Waals surface area (Å²) in [6.45, 7) is 6.50. The highest BCUT2D eigenvalue weighted by atomic mass is 16.2. The van der Waals surface area contributed by atoms with Crippen LogP contribution in [-0.4, -0.2) is 44.7 Å². The van der Waals surface area contributed by atoms with Gasteiger partial charge >= 0.3 is 6.03 Å². The molecule has 21 heavy (non-hydrogen) atoms. The Labute approximate surface area is 124 Å². The van der Waals surface area contributed by atoms with E-state index in [4.69, 9.17) is 0 Å². The Balaban J connectivity index is 1.80. The van der Waals surface area contributed by atoms with Gasteiger partial charge in [0.25, 0.3) is 0 Å². The van der Waals surface area contributed by atoms with Crippen LogP contribution in [-0.2, 0) is 4.79 Å². The lowest BCUT2D eigenvalue weighted by Gasteiger charge is -2.32. The predicted octanol–water partition coefficient (Wildman–Crippen LogP) is 0.851. The SMILES string of the molecule is Cc1cc(N2CCC(=O)NC2=O)ccc1N1CCNCC1. The number of aryl methyl sites for hydroxylation is 1. The summed E-state index contributed by atoms with van der Waals surface area (Å²) in [6.07, 6.45) is 0.352. The topological polar surface area (TPSA) is 64.7 Å². The molecule has 6 nitrogen and oxygen atoms in total. The van der Waals surface area contributed by atoms with Crippen molar-refractivity contribution in [1.29, 1.82) is 0 Å². The van der Waals surface area contributed by atoms with Crippen LogP contribution >= 0.6 is 0 Å². The highest BCUT2D eigenvalue weighted by Crippen LogP contribution is 2.26. The Kier molecular flexibility index (Phi) is 3.79. The number of imide groups is 1. The summed E-state index contributed by atoms with van der Waals surface area (Å²) in [7, 11) is 0. The minimum atomic E-state index is -0.333. The van der Waals surface area contributed by atoms with E-state index in [2.05, 4.69) is 28.5 Å². The molecule has 0 spiro atoms. The van der Waals surface area contributed by atoms with Gasteiger partial charge in [-0.05, 0) is 30.7 Å². The van der Waals surface area contributed by atoms with Crippen LogP contribution in [0.25, 0.3) is 0 Å². The fourth-order valence-corrected chi connectivity index (χ4v) is 2.88. The molecule has 0 aliphatic carbocycles. The van der Waals surface area contributed by atoms with Gasteiger partial charge in [0.1, 0.15) is 0 Å². The molecule has 0 atom stereocenters. The van der Waals surface area contributed by atoms with Crippen LogP contribution in [0, 0.1) is 6.92 Å². The Morgan fingerprint density at radius 1 is 1.10 bits per heavy atom. The van der Waals surface area contributed by atoms with E-state index >= 15 is 0 Å². The fraction of sp³-hybridized carbons (Fsp3) is 0.467. The van der Waals surface area contributed by atoms with Gasteiger partial charge in [0.05, 0.1) is 0 Å². The molecule has 0 radical (unpaired) electrons. The van der Waals surface area contributed by atoms with E-state index in [9.17, 15) is 9.59 Å². The summed E-state index contributed by atoms with van der Waals surface area (Å²) in [5, 5.41) is 5.70. The Morgan fingerprint density at radius 2 is 1.86 bits per heavy atom. The molecule has 2 saturated heterocycles. The van der Waals surface area contributed by atoms with Gasteiger partial charge in [-0.1, -0.05) is 0 Å². The maximum Gasteiger partial charge on any atom is 0.328 e. The molecule has 1 aromatic rings. The van der Waals surface area contributed by atoms with Crippen LogP contribution < -0.4 is 20.4 Å². The van der Waals surface area contributed by atoms with E-state index in [0.29, 0.717) is 13.0 Å². The zero-order valence-corrected chi connectivity index (χ0v) is 12.2. The predicted molar refractivity (Wildman–Crippen MR) is 81.8 cm³/mol. The summed E-state index contributed by atoms with van der Waals surface area (Å²) >= 11 is 0. The highest BCUT2D eigenvalue weighted by Gasteiger charge is 2.24. The number of hydrogen-bond acceptors (Lipinski definition) is 4. The molecule has 2 aliphatic heterocycles. The molecule has 3 rings (SSSR count). The van der Waals surface area contributed by atoms with Gasteiger partial charge < -0.3 is 10.2 Å². The fourth-order valence-electron chi connectivity index (χ4n) is 2.88. The number of hydrogen-bond donors (Lipinski definition) is 2. The Hall–Kier alpha value is -2.08. The molecule has 2 aliphatic rings. The van der Waals surface area contributed by atoms with Crippen LogP contribution in [0.4, 0.5) is 16.2 Å². The highest BCUT2D eigenvalue weighted by molar-refractivity contribution is 6.05. The zero-order valence-electron chi connectivity index (χ0n) is 12.2. The lowest BCUT2D eigenvalue weighted by molar-refractivity contribution is -0.120. The van der Waals surface area contributed by atoms with Crippen molar-refractivity contribution in [2.45, 2.75) is 13.3 Å². The second kappa shape index (κ2) is 5.73. The third-order valence-corrected chi connectivity index (χ3v) is 4.00. The normalized spacial score (nSPS) is 19.7. The maximum atomic E-state index is 11.9. The van der Waals surface area contributed by atoms with E-state index in [1.54, 1.807) is 4.90 Å². The molecule has 0 unspecified atom stereocenters. The minimum absolute atomic E-state index is 0.203. The maximum absolute atomic E-state index is 11.9. The van der Waals surface area contributed by atoms with Gasteiger partial charge in [0.15, 0.2) is 0 Å². The number of urea groups is 1. The van der Waals surface area contributed by atoms with Crippen molar-refractivity contribution < 1.29 is 9.59 Å². The van der Waals surface area contributed by atoms with Gasteiger partial charge in [0.2, 0.25) is 5.91 Å². The van der Waals surface area contributed by atoms with Crippen molar-refractivity contribution in [3.05, 3.63) is 23.8 Å². The third-order valence-electron chi connectivity index (χ3n) is 4.00. The largest absolute Gasteiger partial charge is 0.369 e. The van der Waals surface area contributed by atoms with Crippen LogP contribution in [0.3, 0.4) is 0 Å². The number of nitrogens with one attached hydrogen (secondary N) is 2. The van der Waals surface area contributed by atoms with E-state index in [-0.39, 0.29) is 11.9 Å². The second-order valence-corrected chi connectivity index (χ2v) is 5.46. The lowest BCUT2D eigenvalue weighted by atomic mass is 10.1. The number of carbonyl (C=O) groups is 2. The smallest absolute Gasteiger partial charge is 0.328 e. The first kappa shape index (κ1) is 13.9. The molecule has 1 aromatic carbocycles. The molecule has 3 amide bonds. The molecule has 112 valence electrons. The van der Waals surface area contributed by atoms with Crippen molar-refractivity contribution in [1.82, 2.24) is 10.6 Å². The molecule has 2 N–H and O–H groups in total. The average molecular weight is 288 g/mol. The summed E-state index contributed by atoms with van der Waals surface area (Å²) in [5.41, 5.74) is 3.21. The summed E-state index contributed by atoms with van der Waals surface area (Å²) in [6, 6.07) is 5.71. The van der Waals surface area contributed by atoms with E-state index in [1.807, 2.05) is 12.1 Å². The van der Waals surface area contributed by atoms with Gasteiger partial charge in [-0.2, -0.15) is 0 Å². The quantitative estimate of drug-likeness (QED) is 0.847. The standard InChI is InChI=1S/C15H20N4O2/c1-11-10-12(19-7-4-14(20)17-15(19)21)2-3-13(11)18-8-5-16-6-9-18/h2-3,10,16H,4-9H2,1H3,(H,17,20,21). The molecule has 0 aromatic heterocycles. The summed E-state index contributed by atoms with van der Waals surface area (Å²) < 4.78 is 0. The number of anilines is 2. The zero-order chi connectivity index (χ0) is 14.8. The van der Waals surface area contributed by atoms with Crippen molar-refractivity contribution in [2.75, 3.05) is 42.5 Å². The first-order valence-corrected chi connectivity index (χ1v) is 7.33. The van der Waals surface area contributed by atoms with Gasteiger partial charge in [-0.15, -0.1) is 0 Å². The summed E-state index contributed by atoms with van der Waals surface area (Å²) in [4.78, 5) is 27.1. The molecule has 2 heterocycles. The first-order valence-electron chi connectivity index (χ1n) is 7.33. The van der Waals surface area contributed by atoms with Crippen molar-refractivity contribution in [2.24, 2.45) is 0 Å². The van der Waals surface area contributed by atoms with Crippen LogP contribution in [0.5, 0.6) is 0 Å². The first-order chi connectivity index (χ1) is 10.1.